The smallest absolute Gasteiger partial charge is 0.326 e. The van der Waals surface area contributed by atoms with Gasteiger partial charge in [0.2, 0.25) is 5.91 Å². The Balaban J connectivity index is 1.80. The van der Waals surface area contributed by atoms with Crippen LogP contribution in [0.3, 0.4) is 0 Å². The minimum atomic E-state index is -0.920. The van der Waals surface area contributed by atoms with Crippen LogP contribution in [0.15, 0.2) is 24.3 Å². The molecule has 1 atom stereocenters. The largest absolute Gasteiger partial charge is 0.493 e. The predicted octanol–water partition coefficient (Wildman–Crippen LogP) is 2.65. The van der Waals surface area contributed by atoms with Gasteiger partial charge >= 0.3 is 5.97 Å². The first-order chi connectivity index (χ1) is 10.5. The number of carboxylic acids is 1. The first-order valence-corrected chi connectivity index (χ1v) is 7.74. The number of carbonyl (C=O) groups is 2. The summed E-state index contributed by atoms with van der Waals surface area (Å²) in [5.41, 5.74) is 1.24. The Morgan fingerprint density at radius 3 is 2.59 bits per heavy atom. The van der Waals surface area contributed by atoms with Gasteiger partial charge in [-0.3, -0.25) is 4.79 Å². The number of ether oxygens (including phenoxy) is 1. The van der Waals surface area contributed by atoms with Crippen molar-refractivity contribution in [2.45, 2.75) is 45.1 Å². The molecule has 0 saturated carbocycles. The van der Waals surface area contributed by atoms with Crippen molar-refractivity contribution in [3.05, 3.63) is 29.8 Å². The fourth-order valence-electron chi connectivity index (χ4n) is 2.67. The van der Waals surface area contributed by atoms with Crippen molar-refractivity contribution >= 4 is 11.9 Å². The molecule has 5 heteroatoms. The Bertz CT molecular complexity index is 524. The Morgan fingerprint density at radius 2 is 2.00 bits per heavy atom. The van der Waals surface area contributed by atoms with Crippen LogP contribution in [0.5, 0.6) is 5.75 Å². The zero-order chi connectivity index (χ0) is 16.1. The molecule has 5 nitrogen and oxygen atoms in total. The summed E-state index contributed by atoms with van der Waals surface area (Å²) in [5.74, 6) is 0.131. The summed E-state index contributed by atoms with van der Waals surface area (Å²) in [6.07, 6.45) is 1.49. The normalized spacial score (nSPS) is 17.8. The van der Waals surface area contributed by atoms with Crippen molar-refractivity contribution in [3.63, 3.8) is 0 Å². The van der Waals surface area contributed by atoms with Crippen LogP contribution in [-0.4, -0.2) is 41.1 Å². The number of likely N-dealkylation sites (tertiary alicyclic amines) is 1. The van der Waals surface area contributed by atoms with E-state index in [2.05, 4.69) is 13.8 Å². The van der Waals surface area contributed by atoms with Crippen LogP contribution in [0.1, 0.15) is 44.6 Å². The van der Waals surface area contributed by atoms with Crippen LogP contribution in [0, 0.1) is 0 Å². The summed E-state index contributed by atoms with van der Waals surface area (Å²) in [7, 11) is 0. The van der Waals surface area contributed by atoms with Gasteiger partial charge in [-0.05, 0) is 36.5 Å². The Kier molecular flexibility index (Phi) is 5.41. The van der Waals surface area contributed by atoms with Gasteiger partial charge in [0, 0.05) is 6.54 Å². The van der Waals surface area contributed by atoms with Crippen LogP contribution in [0.4, 0.5) is 0 Å². The number of hydrogen-bond acceptors (Lipinski definition) is 3. The molecule has 1 amide bonds. The minimum absolute atomic E-state index is 0.149. The maximum Gasteiger partial charge on any atom is 0.326 e. The third-order valence-electron chi connectivity index (χ3n) is 3.99. The van der Waals surface area contributed by atoms with Crippen molar-refractivity contribution in [3.8, 4) is 5.75 Å². The zero-order valence-electron chi connectivity index (χ0n) is 13.1. The lowest BCUT2D eigenvalue weighted by atomic mass is 10.0. The number of aliphatic carboxylic acids is 1. The summed E-state index contributed by atoms with van der Waals surface area (Å²) in [4.78, 5) is 24.6. The molecule has 1 aliphatic heterocycles. The monoisotopic (exact) mass is 305 g/mol. The van der Waals surface area contributed by atoms with E-state index in [1.807, 2.05) is 24.3 Å². The topological polar surface area (TPSA) is 66.8 Å². The lowest BCUT2D eigenvalue weighted by Crippen LogP contribution is -2.40. The number of carbonyl (C=O) groups excluding carboxylic acids is 1. The van der Waals surface area contributed by atoms with Gasteiger partial charge in [-0.1, -0.05) is 26.0 Å². The summed E-state index contributed by atoms with van der Waals surface area (Å²) in [6, 6.07) is 7.16. The van der Waals surface area contributed by atoms with Gasteiger partial charge in [-0.15, -0.1) is 0 Å². The van der Waals surface area contributed by atoms with Gasteiger partial charge in [0.25, 0.3) is 0 Å². The zero-order valence-corrected chi connectivity index (χ0v) is 13.1. The fourth-order valence-corrected chi connectivity index (χ4v) is 2.67. The van der Waals surface area contributed by atoms with E-state index in [1.165, 1.54) is 10.5 Å². The highest BCUT2D eigenvalue weighted by atomic mass is 16.5. The van der Waals surface area contributed by atoms with E-state index < -0.39 is 12.0 Å². The lowest BCUT2D eigenvalue weighted by Gasteiger charge is -2.21. The highest BCUT2D eigenvalue weighted by Crippen LogP contribution is 2.20. The SMILES string of the molecule is CC(C)c1ccc(OCCC(=O)N2CCCC2C(=O)O)cc1. The maximum absolute atomic E-state index is 12.1. The van der Waals surface area contributed by atoms with Gasteiger partial charge in [0.1, 0.15) is 11.8 Å². The van der Waals surface area contributed by atoms with E-state index in [-0.39, 0.29) is 18.9 Å². The predicted molar refractivity (Wildman–Crippen MR) is 83.0 cm³/mol. The maximum atomic E-state index is 12.1. The molecule has 1 N–H and O–H groups in total. The van der Waals surface area contributed by atoms with Crippen molar-refractivity contribution < 1.29 is 19.4 Å². The van der Waals surface area contributed by atoms with Crippen molar-refractivity contribution in [2.24, 2.45) is 0 Å². The average molecular weight is 305 g/mol. The number of hydrogen-bond donors (Lipinski definition) is 1. The number of carboxylic acid groups (broad SMARTS) is 1. The van der Waals surface area contributed by atoms with E-state index in [9.17, 15) is 9.59 Å². The Morgan fingerprint density at radius 1 is 1.32 bits per heavy atom. The molecule has 1 aliphatic rings. The average Bonchev–Trinajstić information content (AvgIpc) is 2.97. The molecule has 1 aromatic rings. The molecule has 1 heterocycles. The second kappa shape index (κ2) is 7.29. The standard InChI is InChI=1S/C17H23NO4/c1-12(2)13-5-7-14(8-6-13)22-11-9-16(19)18-10-3-4-15(18)17(20)21/h5-8,12,15H,3-4,9-11H2,1-2H3,(H,20,21). The first-order valence-electron chi connectivity index (χ1n) is 7.74. The molecule has 1 unspecified atom stereocenters. The number of nitrogens with zero attached hydrogens (tertiary/aromatic N) is 1. The van der Waals surface area contributed by atoms with Gasteiger partial charge in [-0.25, -0.2) is 4.79 Å². The minimum Gasteiger partial charge on any atom is -0.493 e. The van der Waals surface area contributed by atoms with Gasteiger partial charge in [-0.2, -0.15) is 0 Å². The Hall–Kier alpha value is -2.04. The molecule has 1 fully saturated rings. The van der Waals surface area contributed by atoms with E-state index >= 15 is 0 Å². The van der Waals surface area contributed by atoms with E-state index in [4.69, 9.17) is 9.84 Å². The van der Waals surface area contributed by atoms with Gasteiger partial charge < -0.3 is 14.7 Å². The van der Waals surface area contributed by atoms with E-state index in [0.29, 0.717) is 18.9 Å². The third-order valence-corrected chi connectivity index (χ3v) is 3.99. The van der Waals surface area contributed by atoms with Crippen LogP contribution in [-0.2, 0) is 9.59 Å². The van der Waals surface area contributed by atoms with E-state index in [1.54, 1.807) is 0 Å². The van der Waals surface area contributed by atoms with E-state index in [0.717, 1.165) is 12.2 Å². The second-order valence-electron chi connectivity index (χ2n) is 5.91. The number of amides is 1. The molecule has 0 aromatic heterocycles. The highest BCUT2D eigenvalue weighted by Gasteiger charge is 2.33. The van der Waals surface area contributed by atoms with Crippen LogP contribution in [0.2, 0.25) is 0 Å². The molecule has 22 heavy (non-hydrogen) atoms. The van der Waals surface area contributed by atoms with Gasteiger partial charge in [0.15, 0.2) is 0 Å². The molecule has 0 spiro atoms. The van der Waals surface area contributed by atoms with Crippen LogP contribution in [0.25, 0.3) is 0 Å². The molecule has 0 radical (unpaired) electrons. The second-order valence-corrected chi connectivity index (χ2v) is 5.91. The summed E-state index contributed by atoms with van der Waals surface area (Å²) >= 11 is 0. The fraction of sp³-hybridized carbons (Fsp3) is 0.529. The number of rotatable bonds is 6. The highest BCUT2D eigenvalue weighted by molar-refractivity contribution is 5.84. The van der Waals surface area contributed by atoms with Crippen molar-refractivity contribution in [1.29, 1.82) is 0 Å². The third kappa shape index (κ3) is 4.00. The molecule has 1 saturated heterocycles. The summed E-state index contributed by atoms with van der Waals surface area (Å²) < 4.78 is 5.57. The molecule has 120 valence electrons. The molecule has 1 aromatic carbocycles. The van der Waals surface area contributed by atoms with Crippen molar-refractivity contribution in [2.75, 3.05) is 13.2 Å². The number of benzene rings is 1. The molecular formula is C17H23NO4. The first kappa shape index (κ1) is 16.3. The molecular weight excluding hydrogens is 282 g/mol. The quantitative estimate of drug-likeness (QED) is 0.877. The summed E-state index contributed by atoms with van der Waals surface area (Å²) in [6.45, 7) is 5.05. The van der Waals surface area contributed by atoms with Gasteiger partial charge in [0.05, 0.1) is 13.0 Å². The van der Waals surface area contributed by atoms with Crippen molar-refractivity contribution in [1.82, 2.24) is 4.90 Å². The molecule has 0 aliphatic carbocycles. The molecule has 0 bridgehead atoms. The van der Waals surface area contributed by atoms with Crippen LogP contribution < -0.4 is 4.74 Å². The summed E-state index contributed by atoms with van der Waals surface area (Å²) in [5, 5.41) is 9.08. The Labute approximate surface area is 130 Å². The lowest BCUT2D eigenvalue weighted by molar-refractivity contribution is -0.148. The molecule has 2 rings (SSSR count). The van der Waals surface area contributed by atoms with Crippen LogP contribution >= 0.6 is 0 Å².